The van der Waals surface area contributed by atoms with Gasteiger partial charge in [0.25, 0.3) is 0 Å². The van der Waals surface area contributed by atoms with Crippen molar-refractivity contribution in [2.45, 2.75) is 33.1 Å². The maximum absolute atomic E-state index is 9.08. The standard InChI is InChI=1S/C10H19N2/c1-3-10-6-5-7-12(4-2,8-10)9-11/h10H,3-8H2,1-2H3/q+1. The molecule has 0 aromatic heterocycles. The van der Waals surface area contributed by atoms with Crippen LogP contribution in [0.1, 0.15) is 33.1 Å². The van der Waals surface area contributed by atoms with Gasteiger partial charge < -0.3 is 0 Å². The van der Waals surface area contributed by atoms with E-state index in [1.807, 2.05) is 0 Å². The number of quaternary nitrogens is 1. The van der Waals surface area contributed by atoms with Crippen molar-refractivity contribution >= 4 is 0 Å². The molecule has 0 amide bonds. The Morgan fingerprint density at radius 2 is 2.25 bits per heavy atom. The van der Waals surface area contributed by atoms with Gasteiger partial charge in [0.2, 0.25) is 0 Å². The maximum Gasteiger partial charge on any atom is 0.308 e. The van der Waals surface area contributed by atoms with Gasteiger partial charge in [-0.2, -0.15) is 0 Å². The zero-order valence-electron chi connectivity index (χ0n) is 8.21. The van der Waals surface area contributed by atoms with Crippen molar-refractivity contribution in [3.8, 4) is 6.19 Å². The predicted molar refractivity (Wildman–Crippen MR) is 49.2 cm³/mol. The molecule has 68 valence electrons. The summed E-state index contributed by atoms with van der Waals surface area (Å²) in [6.45, 7) is 7.50. The third-order valence-corrected chi connectivity index (χ3v) is 3.20. The molecule has 12 heavy (non-hydrogen) atoms. The van der Waals surface area contributed by atoms with E-state index in [0.717, 1.165) is 25.6 Å². The van der Waals surface area contributed by atoms with E-state index in [2.05, 4.69) is 20.0 Å². The SMILES string of the molecule is CCC1CCC[N+](C#N)(CC)C1. The lowest BCUT2D eigenvalue weighted by Gasteiger charge is -2.36. The highest BCUT2D eigenvalue weighted by Gasteiger charge is 2.33. The second kappa shape index (κ2) is 3.91. The van der Waals surface area contributed by atoms with E-state index in [-0.39, 0.29) is 0 Å². The Hall–Kier alpha value is -0.550. The third kappa shape index (κ3) is 1.78. The summed E-state index contributed by atoms with van der Waals surface area (Å²) in [5.41, 5.74) is 0. The Bertz CT molecular complexity index is 183. The highest BCUT2D eigenvalue weighted by Crippen LogP contribution is 2.24. The predicted octanol–water partition coefficient (Wildman–Crippen LogP) is 2.12. The number of hydrogen-bond donors (Lipinski definition) is 0. The second-order valence-corrected chi connectivity index (χ2v) is 3.88. The van der Waals surface area contributed by atoms with E-state index in [1.54, 1.807) is 0 Å². The summed E-state index contributed by atoms with van der Waals surface area (Å²) in [5, 5.41) is 9.08. The fraction of sp³-hybridized carbons (Fsp3) is 0.900. The Labute approximate surface area is 75.4 Å². The van der Waals surface area contributed by atoms with Crippen molar-refractivity contribution in [3.63, 3.8) is 0 Å². The number of nitrogens with zero attached hydrogens (tertiary/aromatic N) is 2. The molecular weight excluding hydrogens is 148 g/mol. The fourth-order valence-electron chi connectivity index (χ4n) is 2.14. The van der Waals surface area contributed by atoms with Crippen LogP contribution >= 0.6 is 0 Å². The molecule has 1 fully saturated rings. The maximum atomic E-state index is 9.08. The van der Waals surface area contributed by atoms with Crippen LogP contribution in [-0.4, -0.2) is 24.1 Å². The zero-order valence-corrected chi connectivity index (χ0v) is 8.21. The highest BCUT2D eigenvalue weighted by atomic mass is 15.3. The van der Waals surface area contributed by atoms with Crippen molar-refractivity contribution in [1.29, 1.82) is 5.26 Å². The molecule has 2 atom stereocenters. The fourth-order valence-corrected chi connectivity index (χ4v) is 2.14. The van der Waals surface area contributed by atoms with Crippen molar-refractivity contribution < 1.29 is 4.48 Å². The first-order valence-corrected chi connectivity index (χ1v) is 5.03. The van der Waals surface area contributed by atoms with Crippen molar-refractivity contribution in [2.75, 3.05) is 19.6 Å². The van der Waals surface area contributed by atoms with Gasteiger partial charge in [-0.3, -0.25) is 0 Å². The molecule has 0 bridgehead atoms. The minimum atomic E-state index is 0.693. The van der Waals surface area contributed by atoms with Gasteiger partial charge in [0.1, 0.15) is 0 Å². The molecule has 1 heterocycles. The highest BCUT2D eigenvalue weighted by molar-refractivity contribution is 4.69. The normalized spacial score (nSPS) is 35.9. The van der Waals surface area contributed by atoms with Crippen LogP contribution in [0.2, 0.25) is 0 Å². The number of piperidine rings is 1. The molecule has 2 unspecified atom stereocenters. The number of nitriles is 1. The molecule has 0 aliphatic carbocycles. The van der Waals surface area contributed by atoms with E-state index in [9.17, 15) is 0 Å². The Morgan fingerprint density at radius 3 is 2.75 bits per heavy atom. The van der Waals surface area contributed by atoms with Gasteiger partial charge >= 0.3 is 6.19 Å². The molecular formula is C10H19N2+. The van der Waals surface area contributed by atoms with Crippen LogP contribution in [-0.2, 0) is 0 Å². The summed E-state index contributed by atoms with van der Waals surface area (Å²) in [5.74, 6) is 0.790. The average molecular weight is 167 g/mol. The van der Waals surface area contributed by atoms with Crippen LogP contribution in [0, 0.1) is 17.4 Å². The van der Waals surface area contributed by atoms with Gasteiger partial charge in [-0.05, 0) is 26.2 Å². The minimum absolute atomic E-state index is 0.693. The van der Waals surface area contributed by atoms with Gasteiger partial charge in [0, 0.05) is 5.92 Å². The van der Waals surface area contributed by atoms with E-state index < -0.39 is 0 Å². The molecule has 1 saturated heterocycles. The molecule has 0 aromatic rings. The molecule has 0 saturated carbocycles. The second-order valence-electron chi connectivity index (χ2n) is 3.88. The first-order chi connectivity index (χ1) is 5.76. The Morgan fingerprint density at radius 1 is 1.50 bits per heavy atom. The topological polar surface area (TPSA) is 23.8 Å². The molecule has 0 spiro atoms. The number of likely N-dealkylation sites (tertiary alicyclic amines) is 1. The van der Waals surface area contributed by atoms with Gasteiger partial charge in [0.15, 0.2) is 0 Å². The lowest BCUT2D eigenvalue weighted by Crippen LogP contribution is -2.50. The summed E-state index contributed by atoms with van der Waals surface area (Å²) < 4.78 is 0.693. The first kappa shape index (κ1) is 9.54. The summed E-state index contributed by atoms with van der Waals surface area (Å²) in [7, 11) is 0. The van der Waals surface area contributed by atoms with Crippen LogP contribution in [0.4, 0.5) is 0 Å². The van der Waals surface area contributed by atoms with E-state index >= 15 is 0 Å². The van der Waals surface area contributed by atoms with E-state index in [4.69, 9.17) is 5.26 Å². The van der Waals surface area contributed by atoms with Crippen molar-refractivity contribution in [2.24, 2.45) is 5.92 Å². The largest absolute Gasteiger partial charge is 0.308 e. The van der Waals surface area contributed by atoms with Crippen LogP contribution < -0.4 is 0 Å². The molecule has 1 rings (SSSR count). The average Bonchev–Trinajstić information content (AvgIpc) is 2.18. The molecule has 0 radical (unpaired) electrons. The number of rotatable bonds is 2. The molecule has 0 N–H and O–H groups in total. The molecule has 0 aromatic carbocycles. The van der Waals surface area contributed by atoms with Crippen LogP contribution in [0.5, 0.6) is 0 Å². The monoisotopic (exact) mass is 167 g/mol. The summed E-state index contributed by atoms with van der Waals surface area (Å²) >= 11 is 0. The quantitative estimate of drug-likeness (QED) is 0.456. The Kier molecular flexibility index (Phi) is 3.11. The van der Waals surface area contributed by atoms with E-state index in [0.29, 0.717) is 4.48 Å². The van der Waals surface area contributed by atoms with Gasteiger partial charge in [-0.1, -0.05) is 6.92 Å². The van der Waals surface area contributed by atoms with Crippen LogP contribution in [0.3, 0.4) is 0 Å². The minimum Gasteiger partial charge on any atom is -0.224 e. The lowest BCUT2D eigenvalue weighted by atomic mass is 9.94. The summed E-state index contributed by atoms with van der Waals surface area (Å²) in [6.07, 6.45) is 6.27. The van der Waals surface area contributed by atoms with Gasteiger partial charge in [-0.25, -0.2) is 4.48 Å². The van der Waals surface area contributed by atoms with E-state index in [1.165, 1.54) is 19.3 Å². The molecule has 2 heteroatoms. The summed E-state index contributed by atoms with van der Waals surface area (Å²) in [6, 6.07) is 0. The third-order valence-electron chi connectivity index (χ3n) is 3.20. The van der Waals surface area contributed by atoms with Gasteiger partial charge in [-0.15, -0.1) is 5.26 Å². The lowest BCUT2D eigenvalue weighted by molar-refractivity contribution is -0.873. The smallest absolute Gasteiger partial charge is 0.224 e. The molecule has 2 nitrogen and oxygen atoms in total. The Balaban J connectivity index is 2.60. The first-order valence-electron chi connectivity index (χ1n) is 5.03. The molecule has 1 aliphatic heterocycles. The molecule has 1 aliphatic rings. The van der Waals surface area contributed by atoms with Crippen LogP contribution in [0.25, 0.3) is 0 Å². The van der Waals surface area contributed by atoms with Crippen LogP contribution in [0.15, 0.2) is 0 Å². The number of hydrogen-bond acceptors (Lipinski definition) is 1. The van der Waals surface area contributed by atoms with Crippen molar-refractivity contribution in [3.05, 3.63) is 0 Å². The van der Waals surface area contributed by atoms with Gasteiger partial charge in [0.05, 0.1) is 19.6 Å². The van der Waals surface area contributed by atoms with Crippen molar-refractivity contribution in [1.82, 2.24) is 0 Å². The summed E-state index contributed by atoms with van der Waals surface area (Å²) in [4.78, 5) is 0. The zero-order chi connectivity index (χ0) is 9.03.